The smallest absolute Gasteiger partial charge is 0.310 e. The fourth-order valence-corrected chi connectivity index (χ4v) is 4.62. The highest BCUT2D eigenvalue weighted by molar-refractivity contribution is 5.86. The molecule has 0 aromatic carbocycles. The molecule has 0 spiro atoms. The monoisotopic (exact) mass is 381 g/mol. The standard InChI is InChI=1S/C22H39NO4/c1-2-3-4-5-6-7-8-9-10-11-12-13-16-23-21(24)19-17-14-15-18(27-17)20(19)22(25)26/h17-20H,2-16H2,1H3,(H,23,24)(H,25,26)/t17-,18-,19?,20?/m1/s1. The van der Waals surface area contributed by atoms with Gasteiger partial charge in [0.1, 0.15) is 0 Å². The molecule has 0 radical (unpaired) electrons. The first-order chi connectivity index (χ1) is 13.1. The maximum absolute atomic E-state index is 12.4. The van der Waals surface area contributed by atoms with Gasteiger partial charge in [-0.05, 0) is 19.3 Å². The molecule has 5 nitrogen and oxygen atoms in total. The van der Waals surface area contributed by atoms with Crippen molar-refractivity contribution in [2.45, 2.75) is 109 Å². The summed E-state index contributed by atoms with van der Waals surface area (Å²) in [5.74, 6) is -2.19. The minimum absolute atomic E-state index is 0.127. The molecule has 0 saturated carbocycles. The van der Waals surface area contributed by atoms with Crippen molar-refractivity contribution >= 4 is 11.9 Å². The Bertz CT molecular complexity index is 454. The summed E-state index contributed by atoms with van der Waals surface area (Å²) in [7, 11) is 0. The summed E-state index contributed by atoms with van der Waals surface area (Å²) >= 11 is 0. The van der Waals surface area contributed by atoms with Crippen LogP contribution in [0.1, 0.15) is 96.8 Å². The van der Waals surface area contributed by atoms with Gasteiger partial charge in [-0.2, -0.15) is 0 Å². The van der Waals surface area contributed by atoms with Crippen molar-refractivity contribution < 1.29 is 19.4 Å². The number of fused-ring (bicyclic) bond motifs is 2. The van der Waals surface area contributed by atoms with Gasteiger partial charge in [-0.1, -0.05) is 77.6 Å². The van der Waals surface area contributed by atoms with Crippen LogP contribution < -0.4 is 5.32 Å². The van der Waals surface area contributed by atoms with Gasteiger partial charge in [0, 0.05) is 6.54 Å². The number of hydrogen-bond acceptors (Lipinski definition) is 3. The van der Waals surface area contributed by atoms with Crippen molar-refractivity contribution in [3.63, 3.8) is 0 Å². The van der Waals surface area contributed by atoms with Crippen molar-refractivity contribution in [1.82, 2.24) is 5.32 Å². The Balaban J connectivity index is 1.44. The van der Waals surface area contributed by atoms with Crippen molar-refractivity contribution in [3.05, 3.63) is 0 Å². The van der Waals surface area contributed by atoms with Gasteiger partial charge >= 0.3 is 5.97 Å². The lowest BCUT2D eigenvalue weighted by molar-refractivity contribution is -0.147. The molecule has 2 aliphatic rings. The predicted molar refractivity (Wildman–Crippen MR) is 107 cm³/mol. The fraction of sp³-hybridized carbons (Fsp3) is 0.909. The number of ether oxygens (including phenoxy) is 1. The van der Waals surface area contributed by atoms with Crippen LogP contribution in [0.3, 0.4) is 0 Å². The number of carboxylic acid groups (broad SMARTS) is 1. The molecule has 2 rings (SSSR count). The number of hydrogen-bond donors (Lipinski definition) is 2. The third-order valence-corrected chi connectivity index (χ3v) is 6.19. The third-order valence-electron chi connectivity index (χ3n) is 6.19. The molecule has 2 heterocycles. The molecule has 0 aromatic heterocycles. The fourth-order valence-electron chi connectivity index (χ4n) is 4.62. The highest BCUT2D eigenvalue weighted by Gasteiger charge is 2.55. The van der Waals surface area contributed by atoms with E-state index >= 15 is 0 Å². The van der Waals surface area contributed by atoms with Gasteiger partial charge in [-0.15, -0.1) is 0 Å². The second-order valence-corrected chi connectivity index (χ2v) is 8.36. The Morgan fingerprint density at radius 3 is 1.81 bits per heavy atom. The molecular weight excluding hydrogens is 342 g/mol. The Kier molecular flexibility index (Phi) is 10.2. The zero-order chi connectivity index (χ0) is 19.5. The largest absolute Gasteiger partial charge is 0.481 e. The van der Waals surface area contributed by atoms with Crippen LogP contribution in [-0.4, -0.2) is 35.7 Å². The Morgan fingerprint density at radius 2 is 1.30 bits per heavy atom. The van der Waals surface area contributed by atoms with Crippen LogP contribution in [0, 0.1) is 11.8 Å². The third kappa shape index (κ3) is 7.10. The lowest BCUT2D eigenvalue weighted by Crippen LogP contribution is -2.44. The molecule has 0 aliphatic carbocycles. The zero-order valence-corrected chi connectivity index (χ0v) is 17.1. The Morgan fingerprint density at radius 1 is 0.815 bits per heavy atom. The molecule has 27 heavy (non-hydrogen) atoms. The summed E-state index contributed by atoms with van der Waals surface area (Å²) in [4.78, 5) is 23.8. The topological polar surface area (TPSA) is 75.6 Å². The van der Waals surface area contributed by atoms with E-state index in [1.807, 2.05) is 0 Å². The van der Waals surface area contributed by atoms with Crippen molar-refractivity contribution in [3.8, 4) is 0 Å². The Labute approximate surface area is 164 Å². The summed E-state index contributed by atoms with van der Waals surface area (Å²) < 4.78 is 5.66. The van der Waals surface area contributed by atoms with Crippen LogP contribution in [0.2, 0.25) is 0 Å². The van der Waals surface area contributed by atoms with E-state index in [0.717, 1.165) is 25.7 Å². The molecular formula is C22H39NO4. The van der Waals surface area contributed by atoms with E-state index in [2.05, 4.69) is 12.2 Å². The molecule has 0 aromatic rings. The maximum atomic E-state index is 12.4. The summed E-state index contributed by atoms with van der Waals surface area (Å²) in [5.41, 5.74) is 0. The number of aliphatic carboxylic acids is 1. The van der Waals surface area contributed by atoms with E-state index in [1.165, 1.54) is 64.2 Å². The average molecular weight is 382 g/mol. The van der Waals surface area contributed by atoms with E-state index in [4.69, 9.17) is 4.74 Å². The zero-order valence-electron chi connectivity index (χ0n) is 17.1. The molecule has 2 saturated heterocycles. The first-order valence-electron chi connectivity index (χ1n) is 11.3. The maximum Gasteiger partial charge on any atom is 0.310 e. The van der Waals surface area contributed by atoms with E-state index in [9.17, 15) is 14.7 Å². The van der Waals surface area contributed by atoms with E-state index < -0.39 is 17.8 Å². The number of amides is 1. The average Bonchev–Trinajstić information content (AvgIpc) is 3.26. The van der Waals surface area contributed by atoms with Gasteiger partial charge < -0.3 is 15.2 Å². The van der Waals surface area contributed by atoms with Crippen LogP contribution in [0.15, 0.2) is 0 Å². The first-order valence-corrected chi connectivity index (χ1v) is 11.3. The van der Waals surface area contributed by atoms with Gasteiger partial charge in [0.15, 0.2) is 0 Å². The molecule has 2 unspecified atom stereocenters. The van der Waals surface area contributed by atoms with Crippen LogP contribution in [0.25, 0.3) is 0 Å². The quantitative estimate of drug-likeness (QED) is 0.404. The lowest BCUT2D eigenvalue weighted by Gasteiger charge is -2.23. The van der Waals surface area contributed by atoms with Gasteiger partial charge in [-0.25, -0.2) is 0 Å². The van der Waals surface area contributed by atoms with Crippen LogP contribution in [0.4, 0.5) is 0 Å². The normalized spacial score (nSPS) is 26.4. The minimum Gasteiger partial charge on any atom is -0.481 e. The van der Waals surface area contributed by atoms with Gasteiger partial charge in [0.25, 0.3) is 0 Å². The molecule has 2 aliphatic heterocycles. The summed E-state index contributed by atoms with van der Waals surface area (Å²) in [6.07, 6.45) is 16.6. The number of carbonyl (C=O) groups excluding carboxylic acids is 1. The van der Waals surface area contributed by atoms with Gasteiger partial charge in [0.05, 0.1) is 24.0 Å². The molecule has 1 amide bonds. The van der Waals surface area contributed by atoms with E-state index in [-0.39, 0.29) is 18.1 Å². The second kappa shape index (κ2) is 12.4. The molecule has 2 bridgehead atoms. The van der Waals surface area contributed by atoms with Gasteiger partial charge in [0.2, 0.25) is 5.91 Å². The van der Waals surface area contributed by atoms with E-state index in [0.29, 0.717) is 6.54 Å². The van der Waals surface area contributed by atoms with Crippen molar-refractivity contribution in [1.29, 1.82) is 0 Å². The van der Waals surface area contributed by atoms with Gasteiger partial charge in [-0.3, -0.25) is 9.59 Å². The number of carbonyl (C=O) groups is 2. The first kappa shape index (κ1) is 22.2. The highest BCUT2D eigenvalue weighted by atomic mass is 16.5. The van der Waals surface area contributed by atoms with Crippen LogP contribution >= 0.6 is 0 Å². The highest BCUT2D eigenvalue weighted by Crippen LogP contribution is 2.43. The SMILES string of the molecule is CCCCCCCCCCCCCCNC(=O)C1C(C(=O)O)[C@H]2CC[C@H]1O2. The summed E-state index contributed by atoms with van der Waals surface area (Å²) in [5, 5.41) is 12.3. The molecule has 2 N–H and O–H groups in total. The molecule has 4 atom stereocenters. The van der Waals surface area contributed by atoms with Crippen molar-refractivity contribution in [2.75, 3.05) is 6.54 Å². The van der Waals surface area contributed by atoms with Crippen molar-refractivity contribution in [2.24, 2.45) is 11.8 Å². The summed E-state index contributed by atoms with van der Waals surface area (Å²) in [6, 6.07) is 0. The number of carboxylic acids is 1. The number of nitrogens with one attached hydrogen (secondary N) is 1. The molecule has 156 valence electrons. The molecule has 2 fully saturated rings. The number of rotatable bonds is 15. The minimum atomic E-state index is -0.896. The van der Waals surface area contributed by atoms with Crippen LogP contribution in [-0.2, 0) is 14.3 Å². The Hall–Kier alpha value is -1.10. The lowest BCUT2D eigenvalue weighted by atomic mass is 9.78. The van der Waals surface area contributed by atoms with E-state index in [1.54, 1.807) is 0 Å². The predicted octanol–water partition coefficient (Wildman–Crippen LogP) is 4.68. The van der Waals surface area contributed by atoms with Crippen LogP contribution in [0.5, 0.6) is 0 Å². The summed E-state index contributed by atoms with van der Waals surface area (Å²) in [6.45, 7) is 2.90. The molecule has 5 heteroatoms. The number of unbranched alkanes of at least 4 members (excludes halogenated alkanes) is 11. The second-order valence-electron chi connectivity index (χ2n) is 8.36.